The molecule has 0 saturated carbocycles. The predicted molar refractivity (Wildman–Crippen MR) is 71.9 cm³/mol. The van der Waals surface area contributed by atoms with Crippen LogP contribution >= 0.6 is 23.2 Å². The van der Waals surface area contributed by atoms with Gasteiger partial charge in [0.1, 0.15) is 5.75 Å². The molecule has 0 aliphatic rings. The highest BCUT2D eigenvalue weighted by atomic mass is 35.5. The molecule has 0 aliphatic heterocycles. The van der Waals surface area contributed by atoms with Crippen LogP contribution in [-0.2, 0) is 6.54 Å². The SMILES string of the molecule is Oc1ccc(Cl)cc1NCc1ccc(Cl)cc1. The van der Waals surface area contributed by atoms with E-state index in [0.29, 0.717) is 22.3 Å². The fourth-order valence-corrected chi connectivity index (χ4v) is 1.75. The molecule has 2 nitrogen and oxygen atoms in total. The number of nitrogens with one attached hydrogen (secondary N) is 1. The van der Waals surface area contributed by atoms with Crippen LogP contribution in [0.5, 0.6) is 5.75 Å². The molecular weight excluding hydrogens is 257 g/mol. The summed E-state index contributed by atoms with van der Waals surface area (Å²) in [4.78, 5) is 0. The zero-order valence-electron chi connectivity index (χ0n) is 8.95. The third-order valence-electron chi connectivity index (χ3n) is 2.35. The van der Waals surface area contributed by atoms with Crippen molar-refractivity contribution in [3.05, 3.63) is 58.1 Å². The molecular formula is C13H11Cl2NO. The lowest BCUT2D eigenvalue weighted by molar-refractivity contribution is 0.477. The molecule has 0 unspecified atom stereocenters. The summed E-state index contributed by atoms with van der Waals surface area (Å²) in [6.07, 6.45) is 0. The van der Waals surface area contributed by atoms with E-state index in [9.17, 15) is 5.11 Å². The zero-order chi connectivity index (χ0) is 12.3. The van der Waals surface area contributed by atoms with Crippen molar-refractivity contribution in [1.82, 2.24) is 0 Å². The average molecular weight is 268 g/mol. The van der Waals surface area contributed by atoms with Gasteiger partial charge < -0.3 is 10.4 Å². The monoisotopic (exact) mass is 267 g/mol. The van der Waals surface area contributed by atoms with Gasteiger partial charge in [0.2, 0.25) is 0 Å². The molecule has 2 aromatic carbocycles. The van der Waals surface area contributed by atoms with E-state index in [1.807, 2.05) is 24.3 Å². The molecule has 0 fully saturated rings. The van der Waals surface area contributed by atoms with Crippen LogP contribution in [0.2, 0.25) is 10.0 Å². The third-order valence-corrected chi connectivity index (χ3v) is 2.84. The normalized spacial score (nSPS) is 10.2. The second-order valence-electron chi connectivity index (χ2n) is 3.64. The van der Waals surface area contributed by atoms with E-state index in [0.717, 1.165) is 5.56 Å². The van der Waals surface area contributed by atoms with Crippen molar-refractivity contribution in [2.45, 2.75) is 6.54 Å². The van der Waals surface area contributed by atoms with Gasteiger partial charge in [0, 0.05) is 16.6 Å². The van der Waals surface area contributed by atoms with Gasteiger partial charge in [-0.25, -0.2) is 0 Å². The van der Waals surface area contributed by atoms with Crippen LogP contribution in [0.25, 0.3) is 0 Å². The molecule has 0 aliphatic carbocycles. The number of halogens is 2. The van der Waals surface area contributed by atoms with Crippen molar-refractivity contribution >= 4 is 28.9 Å². The van der Waals surface area contributed by atoms with Gasteiger partial charge in [0.25, 0.3) is 0 Å². The molecule has 0 aromatic heterocycles. The molecule has 88 valence electrons. The van der Waals surface area contributed by atoms with Crippen molar-refractivity contribution in [3.63, 3.8) is 0 Å². The van der Waals surface area contributed by atoms with Crippen LogP contribution in [0, 0.1) is 0 Å². The highest BCUT2D eigenvalue weighted by molar-refractivity contribution is 6.31. The van der Waals surface area contributed by atoms with Crippen LogP contribution < -0.4 is 5.32 Å². The molecule has 0 spiro atoms. The Morgan fingerprint density at radius 1 is 0.941 bits per heavy atom. The Hall–Kier alpha value is -1.38. The average Bonchev–Trinajstić information content (AvgIpc) is 2.32. The summed E-state index contributed by atoms with van der Waals surface area (Å²) in [6, 6.07) is 12.4. The highest BCUT2D eigenvalue weighted by Crippen LogP contribution is 2.27. The fourth-order valence-electron chi connectivity index (χ4n) is 1.45. The first-order valence-electron chi connectivity index (χ1n) is 5.12. The molecule has 0 heterocycles. The van der Waals surface area contributed by atoms with Gasteiger partial charge in [0.05, 0.1) is 5.69 Å². The number of benzene rings is 2. The number of hydrogen-bond donors (Lipinski definition) is 2. The maximum Gasteiger partial charge on any atom is 0.138 e. The first-order valence-corrected chi connectivity index (χ1v) is 5.87. The first kappa shape index (κ1) is 12.1. The van der Waals surface area contributed by atoms with Gasteiger partial charge in [-0.15, -0.1) is 0 Å². The van der Waals surface area contributed by atoms with Crippen LogP contribution in [0.15, 0.2) is 42.5 Å². The van der Waals surface area contributed by atoms with Crippen LogP contribution in [0.1, 0.15) is 5.56 Å². The van der Waals surface area contributed by atoms with E-state index >= 15 is 0 Å². The minimum atomic E-state index is 0.184. The lowest BCUT2D eigenvalue weighted by Crippen LogP contribution is -1.99. The van der Waals surface area contributed by atoms with Crippen molar-refractivity contribution < 1.29 is 5.11 Å². The second-order valence-corrected chi connectivity index (χ2v) is 4.51. The largest absolute Gasteiger partial charge is 0.506 e. The van der Waals surface area contributed by atoms with Gasteiger partial charge >= 0.3 is 0 Å². The number of aromatic hydroxyl groups is 1. The van der Waals surface area contributed by atoms with E-state index in [1.165, 1.54) is 0 Å². The van der Waals surface area contributed by atoms with Gasteiger partial charge in [-0.1, -0.05) is 35.3 Å². The van der Waals surface area contributed by atoms with Gasteiger partial charge in [-0.3, -0.25) is 0 Å². The summed E-state index contributed by atoms with van der Waals surface area (Å²) >= 11 is 11.6. The quantitative estimate of drug-likeness (QED) is 0.813. The molecule has 4 heteroatoms. The molecule has 0 atom stereocenters. The molecule has 0 saturated heterocycles. The van der Waals surface area contributed by atoms with Crippen LogP contribution in [0.3, 0.4) is 0 Å². The van der Waals surface area contributed by atoms with Gasteiger partial charge in [-0.05, 0) is 35.9 Å². The van der Waals surface area contributed by atoms with Gasteiger partial charge in [0.15, 0.2) is 0 Å². The Morgan fingerprint density at radius 2 is 1.59 bits per heavy atom. The number of hydrogen-bond acceptors (Lipinski definition) is 2. The number of phenolic OH excluding ortho intramolecular Hbond substituents is 1. The number of rotatable bonds is 3. The molecule has 17 heavy (non-hydrogen) atoms. The Bertz CT molecular complexity index is 511. The smallest absolute Gasteiger partial charge is 0.138 e. The second kappa shape index (κ2) is 5.30. The van der Waals surface area contributed by atoms with E-state index in [-0.39, 0.29) is 5.75 Å². The van der Waals surface area contributed by atoms with E-state index in [2.05, 4.69) is 5.32 Å². The standard InChI is InChI=1S/C13H11Cl2NO/c14-10-3-1-9(2-4-10)8-16-12-7-11(15)5-6-13(12)17/h1-7,16-17H,8H2. The molecule has 2 aromatic rings. The van der Waals surface area contributed by atoms with E-state index in [1.54, 1.807) is 18.2 Å². The molecule has 0 radical (unpaired) electrons. The van der Waals surface area contributed by atoms with Crippen molar-refractivity contribution in [2.24, 2.45) is 0 Å². The zero-order valence-corrected chi connectivity index (χ0v) is 10.5. The Balaban J connectivity index is 2.07. The summed E-state index contributed by atoms with van der Waals surface area (Å²) in [6.45, 7) is 0.602. The summed E-state index contributed by atoms with van der Waals surface area (Å²) < 4.78 is 0. The minimum Gasteiger partial charge on any atom is -0.506 e. The number of anilines is 1. The summed E-state index contributed by atoms with van der Waals surface area (Å²) in [5.74, 6) is 0.184. The van der Waals surface area contributed by atoms with Crippen molar-refractivity contribution in [2.75, 3.05) is 5.32 Å². The summed E-state index contributed by atoms with van der Waals surface area (Å²) in [5.41, 5.74) is 1.70. The van der Waals surface area contributed by atoms with Crippen molar-refractivity contribution in [3.8, 4) is 5.75 Å². The third kappa shape index (κ3) is 3.29. The molecule has 2 N–H and O–H groups in total. The summed E-state index contributed by atoms with van der Waals surface area (Å²) in [7, 11) is 0. The van der Waals surface area contributed by atoms with Crippen LogP contribution in [0.4, 0.5) is 5.69 Å². The Morgan fingerprint density at radius 3 is 2.29 bits per heavy atom. The lowest BCUT2D eigenvalue weighted by atomic mass is 10.2. The first-order chi connectivity index (χ1) is 8.15. The van der Waals surface area contributed by atoms with E-state index < -0.39 is 0 Å². The highest BCUT2D eigenvalue weighted by Gasteiger charge is 2.01. The Labute approximate surface area is 110 Å². The molecule has 2 rings (SSSR count). The Kier molecular flexibility index (Phi) is 3.77. The lowest BCUT2D eigenvalue weighted by Gasteiger charge is -2.08. The number of phenols is 1. The fraction of sp³-hybridized carbons (Fsp3) is 0.0769. The van der Waals surface area contributed by atoms with Gasteiger partial charge in [-0.2, -0.15) is 0 Å². The van der Waals surface area contributed by atoms with Crippen molar-refractivity contribution in [1.29, 1.82) is 0 Å². The predicted octanol–water partition coefficient (Wildman–Crippen LogP) is 4.31. The maximum atomic E-state index is 9.61. The summed E-state index contributed by atoms with van der Waals surface area (Å²) in [5, 5.41) is 14.0. The minimum absolute atomic E-state index is 0.184. The molecule has 0 bridgehead atoms. The maximum absolute atomic E-state index is 9.61. The topological polar surface area (TPSA) is 32.3 Å². The van der Waals surface area contributed by atoms with E-state index in [4.69, 9.17) is 23.2 Å². The van der Waals surface area contributed by atoms with Crippen LogP contribution in [-0.4, -0.2) is 5.11 Å². The molecule has 0 amide bonds.